The topological polar surface area (TPSA) is 58.4 Å². The zero-order valence-electron chi connectivity index (χ0n) is 12.7. The molecule has 3 amide bonds. The van der Waals surface area contributed by atoms with E-state index in [9.17, 15) is 9.59 Å². The van der Waals surface area contributed by atoms with Crippen molar-refractivity contribution in [1.82, 2.24) is 19.6 Å². The molecule has 2 aliphatic rings. The highest BCUT2D eigenvalue weighted by molar-refractivity contribution is 6.06. The highest BCUT2D eigenvalue weighted by Gasteiger charge is 2.55. The molecule has 1 aliphatic carbocycles. The molecule has 6 heteroatoms. The maximum Gasteiger partial charge on any atom is 0.327 e. The number of hydrogen-bond acceptors (Lipinski definition) is 3. The second kappa shape index (κ2) is 5.16. The fourth-order valence-corrected chi connectivity index (χ4v) is 3.55. The predicted octanol–water partition coefficient (Wildman–Crippen LogP) is 1.56. The van der Waals surface area contributed by atoms with Crippen molar-refractivity contribution < 1.29 is 9.59 Å². The normalized spacial score (nSPS) is 21.6. The first kappa shape index (κ1) is 14.1. The Morgan fingerprint density at radius 2 is 1.90 bits per heavy atom. The van der Waals surface area contributed by atoms with E-state index in [2.05, 4.69) is 5.10 Å². The van der Waals surface area contributed by atoms with Gasteiger partial charge in [0.1, 0.15) is 5.54 Å². The number of imide groups is 1. The molecule has 6 nitrogen and oxygen atoms in total. The Balaban J connectivity index is 1.73. The van der Waals surface area contributed by atoms with E-state index in [-0.39, 0.29) is 11.9 Å². The molecular weight excluding hydrogens is 268 g/mol. The van der Waals surface area contributed by atoms with Gasteiger partial charge in [-0.05, 0) is 18.9 Å². The van der Waals surface area contributed by atoms with E-state index in [0.29, 0.717) is 13.0 Å². The third-order valence-electron chi connectivity index (χ3n) is 4.84. The van der Waals surface area contributed by atoms with Crippen LogP contribution >= 0.6 is 0 Å². The van der Waals surface area contributed by atoms with Gasteiger partial charge in [0.25, 0.3) is 5.91 Å². The number of aryl methyl sites for hydroxylation is 1. The van der Waals surface area contributed by atoms with Crippen molar-refractivity contribution in [1.29, 1.82) is 0 Å². The van der Waals surface area contributed by atoms with E-state index < -0.39 is 5.54 Å². The van der Waals surface area contributed by atoms with Crippen LogP contribution in [0.5, 0.6) is 0 Å². The lowest BCUT2D eigenvalue weighted by Gasteiger charge is -2.35. The summed E-state index contributed by atoms with van der Waals surface area (Å²) in [4.78, 5) is 28.3. The molecule has 21 heavy (non-hydrogen) atoms. The van der Waals surface area contributed by atoms with Gasteiger partial charge in [0.2, 0.25) is 0 Å². The van der Waals surface area contributed by atoms with Crippen LogP contribution in [0.15, 0.2) is 12.3 Å². The molecule has 0 aromatic carbocycles. The van der Waals surface area contributed by atoms with Crippen molar-refractivity contribution in [2.45, 2.75) is 44.1 Å². The Hall–Kier alpha value is -1.85. The lowest BCUT2D eigenvalue weighted by Crippen LogP contribution is -2.49. The Morgan fingerprint density at radius 1 is 1.19 bits per heavy atom. The number of amides is 3. The molecule has 0 unspecified atom stereocenters. The number of rotatable bonds is 3. The van der Waals surface area contributed by atoms with E-state index in [4.69, 9.17) is 0 Å². The maximum atomic E-state index is 12.8. The summed E-state index contributed by atoms with van der Waals surface area (Å²) in [7, 11) is 3.63. The van der Waals surface area contributed by atoms with Gasteiger partial charge in [-0.25, -0.2) is 4.79 Å². The fraction of sp³-hybridized carbons (Fsp3) is 0.667. The summed E-state index contributed by atoms with van der Waals surface area (Å²) in [6.07, 6.45) is 7.29. The van der Waals surface area contributed by atoms with Gasteiger partial charge in [-0.3, -0.25) is 14.4 Å². The van der Waals surface area contributed by atoms with Gasteiger partial charge in [0.05, 0.1) is 5.69 Å². The Kier molecular flexibility index (Phi) is 3.47. The van der Waals surface area contributed by atoms with Crippen molar-refractivity contribution in [3.63, 3.8) is 0 Å². The predicted molar refractivity (Wildman–Crippen MR) is 77.6 cm³/mol. The van der Waals surface area contributed by atoms with Crippen LogP contribution in [0.3, 0.4) is 0 Å². The maximum absolute atomic E-state index is 12.8. The number of carbonyl (C=O) groups is 2. The molecule has 2 heterocycles. The minimum Gasteiger partial charge on any atom is -0.313 e. The Morgan fingerprint density at radius 3 is 2.52 bits per heavy atom. The average Bonchev–Trinajstić information content (AvgIpc) is 2.97. The van der Waals surface area contributed by atoms with Crippen molar-refractivity contribution in [3.05, 3.63) is 18.0 Å². The van der Waals surface area contributed by atoms with Crippen molar-refractivity contribution >= 4 is 11.9 Å². The molecule has 3 rings (SSSR count). The van der Waals surface area contributed by atoms with Crippen LogP contribution in [-0.4, -0.2) is 50.6 Å². The Labute approximate surface area is 124 Å². The molecule has 1 saturated heterocycles. The minimum absolute atomic E-state index is 0.00867. The van der Waals surface area contributed by atoms with Crippen LogP contribution in [0.25, 0.3) is 0 Å². The average molecular weight is 290 g/mol. The van der Waals surface area contributed by atoms with E-state index in [1.165, 1.54) is 4.90 Å². The lowest BCUT2D eigenvalue weighted by molar-refractivity contribution is -0.134. The second-order valence-electron chi connectivity index (χ2n) is 6.12. The Bertz CT molecular complexity index is 560. The molecule has 0 radical (unpaired) electrons. The third kappa shape index (κ3) is 2.22. The van der Waals surface area contributed by atoms with E-state index >= 15 is 0 Å². The molecule has 0 N–H and O–H groups in total. The molecule has 114 valence electrons. The van der Waals surface area contributed by atoms with Gasteiger partial charge in [-0.1, -0.05) is 19.3 Å². The quantitative estimate of drug-likeness (QED) is 0.794. The SMILES string of the molecule is CN1C(=O)N(CCc2ccn(C)n2)C(=O)C12CCCCC2. The fourth-order valence-electron chi connectivity index (χ4n) is 3.55. The lowest BCUT2D eigenvalue weighted by atomic mass is 9.81. The number of hydrogen-bond donors (Lipinski definition) is 0. The number of likely N-dealkylation sites (N-methyl/N-ethyl adjacent to an activating group) is 1. The van der Waals surface area contributed by atoms with Gasteiger partial charge < -0.3 is 4.90 Å². The summed E-state index contributed by atoms with van der Waals surface area (Å²) in [5.74, 6) is -0.00867. The molecule has 1 spiro atoms. The molecular formula is C15H22N4O2. The van der Waals surface area contributed by atoms with Crippen LogP contribution in [0.1, 0.15) is 37.8 Å². The molecule has 2 fully saturated rings. The number of urea groups is 1. The van der Waals surface area contributed by atoms with Crippen LogP contribution in [0.4, 0.5) is 4.79 Å². The van der Waals surface area contributed by atoms with Gasteiger partial charge in [-0.2, -0.15) is 5.10 Å². The zero-order valence-corrected chi connectivity index (χ0v) is 12.7. The number of aromatic nitrogens is 2. The van der Waals surface area contributed by atoms with Gasteiger partial charge in [0.15, 0.2) is 0 Å². The monoisotopic (exact) mass is 290 g/mol. The van der Waals surface area contributed by atoms with Crippen molar-refractivity contribution in [2.24, 2.45) is 7.05 Å². The molecule has 1 aromatic heterocycles. The first-order chi connectivity index (χ1) is 10.0. The summed E-state index contributed by atoms with van der Waals surface area (Å²) in [5.41, 5.74) is 0.338. The zero-order chi connectivity index (χ0) is 15.0. The van der Waals surface area contributed by atoms with Gasteiger partial charge >= 0.3 is 6.03 Å². The van der Waals surface area contributed by atoms with Gasteiger partial charge in [-0.15, -0.1) is 0 Å². The van der Waals surface area contributed by atoms with Crippen LogP contribution in [0.2, 0.25) is 0 Å². The number of nitrogens with zero attached hydrogens (tertiary/aromatic N) is 4. The van der Waals surface area contributed by atoms with Crippen molar-refractivity contribution in [2.75, 3.05) is 13.6 Å². The van der Waals surface area contributed by atoms with Crippen LogP contribution < -0.4 is 0 Å². The molecule has 1 aromatic rings. The summed E-state index contributed by atoms with van der Waals surface area (Å²) in [6, 6.07) is 1.77. The van der Waals surface area contributed by atoms with Crippen LogP contribution in [-0.2, 0) is 18.3 Å². The second-order valence-corrected chi connectivity index (χ2v) is 6.12. The van der Waals surface area contributed by atoms with Crippen LogP contribution in [0, 0.1) is 0 Å². The first-order valence-electron chi connectivity index (χ1n) is 7.63. The van der Waals surface area contributed by atoms with Crippen molar-refractivity contribution in [3.8, 4) is 0 Å². The highest BCUT2D eigenvalue weighted by Crippen LogP contribution is 2.39. The summed E-state index contributed by atoms with van der Waals surface area (Å²) >= 11 is 0. The molecule has 0 atom stereocenters. The molecule has 1 aliphatic heterocycles. The van der Waals surface area contributed by atoms with E-state index in [0.717, 1.165) is 37.8 Å². The molecule has 1 saturated carbocycles. The first-order valence-corrected chi connectivity index (χ1v) is 7.63. The largest absolute Gasteiger partial charge is 0.327 e. The standard InChI is InChI=1S/C15H22N4O2/c1-17-10-6-12(16-17)7-11-19-13(20)15(18(2)14(19)21)8-4-3-5-9-15/h6,10H,3-5,7-9,11H2,1-2H3. The minimum atomic E-state index is -0.570. The van der Waals surface area contributed by atoms with Gasteiger partial charge in [0, 0.05) is 33.3 Å². The summed E-state index contributed by atoms with van der Waals surface area (Å²) in [6.45, 7) is 0.417. The highest BCUT2D eigenvalue weighted by atomic mass is 16.2. The van der Waals surface area contributed by atoms with E-state index in [1.54, 1.807) is 16.6 Å². The summed E-state index contributed by atoms with van der Waals surface area (Å²) < 4.78 is 1.73. The third-order valence-corrected chi connectivity index (χ3v) is 4.84. The molecule has 0 bridgehead atoms. The van der Waals surface area contributed by atoms with E-state index in [1.807, 2.05) is 19.3 Å². The number of carbonyl (C=O) groups excluding carboxylic acids is 2. The summed E-state index contributed by atoms with van der Waals surface area (Å²) in [5, 5.41) is 4.30. The smallest absolute Gasteiger partial charge is 0.313 e.